The van der Waals surface area contributed by atoms with Gasteiger partial charge in [0.05, 0.1) is 7.11 Å². The molecular formula is C18H28N2O3. The number of carbonyl (C=O) groups excluding carboxylic acids is 1. The Kier molecular flexibility index (Phi) is 7.20. The Morgan fingerprint density at radius 3 is 2.83 bits per heavy atom. The first-order valence-corrected chi connectivity index (χ1v) is 8.51. The van der Waals surface area contributed by atoms with Crippen molar-refractivity contribution in [2.24, 2.45) is 5.92 Å². The summed E-state index contributed by atoms with van der Waals surface area (Å²) in [6.45, 7) is 0.566. The fraction of sp³-hybridized carbons (Fsp3) is 0.611. The number of rotatable bonds is 7. The first-order valence-electron chi connectivity index (χ1n) is 8.51. The molecule has 1 saturated carbocycles. The minimum Gasteiger partial charge on any atom is -0.497 e. The molecular weight excluding hydrogens is 292 g/mol. The van der Waals surface area contributed by atoms with E-state index in [1.54, 1.807) is 7.11 Å². The summed E-state index contributed by atoms with van der Waals surface area (Å²) >= 11 is 0. The second-order valence-corrected chi connectivity index (χ2v) is 6.20. The summed E-state index contributed by atoms with van der Waals surface area (Å²) in [6, 6.07) is 7.54. The summed E-state index contributed by atoms with van der Waals surface area (Å²) in [7, 11) is 1.63. The largest absolute Gasteiger partial charge is 0.497 e. The van der Waals surface area contributed by atoms with E-state index in [1.807, 2.05) is 24.3 Å². The van der Waals surface area contributed by atoms with E-state index >= 15 is 0 Å². The molecule has 1 atom stereocenters. The van der Waals surface area contributed by atoms with Crippen LogP contribution in [0, 0.1) is 5.92 Å². The van der Waals surface area contributed by atoms with Crippen molar-refractivity contribution in [3.63, 3.8) is 0 Å². The molecule has 1 aliphatic rings. The minimum absolute atomic E-state index is 0.0607. The lowest BCUT2D eigenvalue weighted by Gasteiger charge is -2.30. The van der Waals surface area contributed by atoms with Crippen molar-refractivity contribution in [1.29, 1.82) is 0 Å². The molecule has 2 amide bonds. The third-order valence-electron chi connectivity index (χ3n) is 4.56. The average Bonchev–Trinajstić information content (AvgIpc) is 2.60. The Morgan fingerprint density at radius 2 is 2.13 bits per heavy atom. The zero-order valence-electron chi connectivity index (χ0n) is 13.9. The molecule has 2 rings (SSSR count). The van der Waals surface area contributed by atoms with Crippen LogP contribution in [0.15, 0.2) is 24.3 Å². The second kappa shape index (κ2) is 9.40. The molecule has 0 radical (unpaired) electrons. The van der Waals surface area contributed by atoms with Crippen LogP contribution in [0.25, 0.3) is 0 Å². The van der Waals surface area contributed by atoms with E-state index < -0.39 is 0 Å². The highest BCUT2D eigenvalue weighted by molar-refractivity contribution is 5.74. The van der Waals surface area contributed by atoms with Gasteiger partial charge in [-0.15, -0.1) is 0 Å². The summed E-state index contributed by atoms with van der Waals surface area (Å²) in [6.07, 6.45) is 6.63. The monoisotopic (exact) mass is 320 g/mol. The van der Waals surface area contributed by atoms with Gasteiger partial charge in [-0.25, -0.2) is 4.79 Å². The smallest absolute Gasteiger partial charge is 0.315 e. The number of carbonyl (C=O) groups is 1. The first-order chi connectivity index (χ1) is 11.2. The standard InChI is InChI=1S/C18H28N2O3/c1-23-16-9-5-6-14(12-16)13-19-18(22)20-17(10-11-21)15-7-3-2-4-8-15/h5-6,9,12,15,17,21H,2-4,7-8,10-11,13H2,1H3,(H2,19,20,22). The SMILES string of the molecule is COc1cccc(CNC(=O)NC(CCO)C2CCCCC2)c1. The highest BCUT2D eigenvalue weighted by Gasteiger charge is 2.24. The van der Waals surface area contributed by atoms with E-state index in [4.69, 9.17) is 4.74 Å². The molecule has 0 spiro atoms. The van der Waals surface area contributed by atoms with Crippen molar-refractivity contribution < 1.29 is 14.6 Å². The summed E-state index contributed by atoms with van der Waals surface area (Å²) in [4.78, 5) is 12.2. The van der Waals surface area contributed by atoms with Gasteiger partial charge in [0.25, 0.3) is 0 Å². The van der Waals surface area contributed by atoms with Gasteiger partial charge in [-0.1, -0.05) is 31.4 Å². The van der Waals surface area contributed by atoms with E-state index in [9.17, 15) is 9.90 Å². The number of nitrogens with one attached hydrogen (secondary N) is 2. The molecule has 0 heterocycles. The van der Waals surface area contributed by atoms with Crippen LogP contribution in [0.5, 0.6) is 5.75 Å². The molecule has 1 aromatic carbocycles. The highest BCUT2D eigenvalue weighted by Crippen LogP contribution is 2.27. The molecule has 3 N–H and O–H groups in total. The van der Waals surface area contributed by atoms with Crippen LogP contribution >= 0.6 is 0 Å². The Labute approximate surface area is 138 Å². The number of aliphatic hydroxyl groups excluding tert-OH is 1. The maximum atomic E-state index is 12.2. The van der Waals surface area contributed by atoms with Gasteiger partial charge in [0.1, 0.15) is 5.75 Å². The van der Waals surface area contributed by atoms with Crippen LogP contribution in [0.4, 0.5) is 4.79 Å². The average molecular weight is 320 g/mol. The van der Waals surface area contributed by atoms with Crippen molar-refractivity contribution in [3.8, 4) is 5.75 Å². The third-order valence-corrected chi connectivity index (χ3v) is 4.56. The van der Waals surface area contributed by atoms with Crippen molar-refractivity contribution in [3.05, 3.63) is 29.8 Å². The molecule has 0 saturated heterocycles. The van der Waals surface area contributed by atoms with Gasteiger partial charge in [0.15, 0.2) is 0 Å². The van der Waals surface area contributed by atoms with Crippen molar-refractivity contribution in [1.82, 2.24) is 10.6 Å². The molecule has 0 aromatic heterocycles. The lowest BCUT2D eigenvalue weighted by molar-refractivity contribution is 0.196. The lowest BCUT2D eigenvalue weighted by atomic mass is 9.83. The van der Waals surface area contributed by atoms with Crippen LogP contribution in [0.2, 0.25) is 0 Å². The van der Waals surface area contributed by atoms with Crippen molar-refractivity contribution in [2.75, 3.05) is 13.7 Å². The van der Waals surface area contributed by atoms with Crippen molar-refractivity contribution in [2.45, 2.75) is 51.1 Å². The van der Waals surface area contributed by atoms with Gasteiger partial charge in [0.2, 0.25) is 0 Å². The van der Waals surface area contributed by atoms with E-state index in [2.05, 4.69) is 10.6 Å². The zero-order chi connectivity index (χ0) is 16.5. The van der Waals surface area contributed by atoms with Gasteiger partial charge in [-0.2, -0.15) is 0 Å². The fourth-order valence-corrected chi connectivity index (χ4v) is 3.29. The second-order valence-electron chi connectivity index (χ2n) is 6.20. The van der Waals surface area contributed by atoms with E-state index in [-0.39, 0.29) is 18.7 Å². The van der Waals surface area contributed by atoms with Crippen LogP contribution in [-0.2, 0) is 6.54 Å². The number of ether oxygens (including phenoxy) is 1. The van der Waals surface area contributed by atoms with E-state index in [0.717, 1.165) is 24.2 Å². The molecule has 1 unspecified atom stereocenters. The first kappa shape index (κ1) is 17.6. The molecule has 0 bridgehead atoms. The third kappa shape index (κ3) is 5.75. The Morgan fingerprint density at radius 1 is 1.35 bits per heavy atom. The van der Waals surface area contributed by atoms with Gasteiger partial charge in [-0.05, 0) is 42.9 Å². The number of methoxy groups -OCH3 is 1. The number of hydrogen-bond donors (Lipinski definition) is 3. The Hall–Kier alpha value is -1.75. The minimum atomic E-state index is -0.170. The van der Waals surface area contributed by atoms with Crippen LogP contribution in [-0.4, -0.2) is 30.9 Å². The van der Waals surface area contributed by atoms with Crippen LogP contribution in [0.1, 0.15) is 44.1 Å². The number of amides is 2. The normalized spacial score (nSPS) is 16.6. The molecule has 128 valence electrons. The molecule has 1 aliphatic carbocycles. The Bertz CT molecular complexity index is 487. The fourth-order valence-electron chi connectivity index (χ4n) is 3.29. The molecule has 1 aromatic rings. The van der Waals surface area contributed by atoms with E-state index in [1.165, 1.54) is 19.3 Å². The number of urea groups is 1. The zero-order valence-corrected chi connectivity index (χ0v) is 13.9. The molecule has 5 heteroatoms. The highest BCUT2D eigenvalue weighted by atomic mass is 16.5. The predicted molar refractivity (Wildman–Crippen MR) is 90.4 cm³/mol. The van der Waals surface area contributed by atoms with Crippen LogP contribution in [0.3, 0.4) is 0 Å². The quantitative estimate of drug-likeness (QED) is 0.723. The van der Waals surface area contributed by atoms with E-state index in [0.29, 0.717) is 18.9 Å². The predicted octanol–water partition coefficient (Wildman–Crippen LogP) is 2.83. The number of benzene rings is 1. The summed E-state index contributed by atoms with van der Waals surface area (Å²) in [5.74, 6) is 1.27. The number of aliphatic hydroxyl groups is 1. The lowest BCUT2D eigenvalue weighted by Crippen LogP contribution is -2.46. The van der Waals surface area contributed by atoms with Crippen LogP contribution < -0.4 is 15.4 Å². The van der Waals surface area contributed by atoms with Crippen molar-refractivity contribution >= 4 is 6.03 Å². The summed E-state index contributed by atoms with van der Waals surface area (Å²) in [5.41, 5.74) is 0.996. The topological polar surface area (TPSA) is 70.6 Å². The van der Waals surface area contributed by atoms with Gasteiger partial charge >= 0.3 is 6.03 Å². The van der Waals surface area contributed by atoms with Gasteiger partial charge in [0, 0.05) is 19.2 Å². The maximum absolute atomic E-state index is 12.2. The molecule has 1 fully saturated rings. The summed E-state index contributed by atoms with van der Waals surface area (Å²) < 4.78 is 5.18. The molecule has 23 heavy (non-hydrogen) atoms. The summed E-state index contributed by atoms with van der Waals surface area (Å²) in [5, 5.41) is 15.2. The van der Waals surface area contributed by atoms with Gasteiger partial charge < -0.3 is 20.5 Å². The Balaban J connectivity index is 1.83. The molecule has 5 nitrogen and oxygen atoms in total. The maximum Gasteiger partial charge on any atom is 0.315 e. The molecule has 0 aliphatic heterocycles. The number of hydrogen-bond acceptors (Lipinski definition) is 3. The van der Waals surface area contributed by atoms with Gasteiger partial charge in [-0.3, -0.25) is 0 Å².